The molecule has 11 heteroatoms. The number of nitrogens with one attached hydrogen (secondary N) is 1. The fourth-order valence-electron chi connectivity index (χ4n) is 2.18. The van der Waals surface area contributed by atoms with Crippen LogP contribution in [0.1, 0.15) is 0 Å². The highest BCUT2D eigenvalue weighted by Gasteiger charge is 2.28. The van der Waals surface area contributed by atoms with Gasteiger partial charge in [0.05, 0.1) is 11.4 Å². The summed E-state index contributed by atoms with van der Waals surface area (Å²) in [6, 6.07) is 14.2. The first kappa shape index (κ1) is 18.7. The Morgan fingerprint density at radius 3 is 2.32 bits per heavy atom. The van der Waals surface area contributed by atoms with Crippen molar-refractivity contribution in [2.75, 3.05) is 12.0 Å². The number of nitriles is 2. The first-order valence-corrected chi connectivity index (χ1v) is 7.69. The van der Waals surface area contributed by atoms with E-state index in [0.717, 1.165) is 0 Å². The topological polar surface area (TPSA) is 112 Å². The Balaban J connectivity index is 2.00. The summed E-state index contributed by atoms with van der Waals surface area (Å²) >= 11 is 0. The van der Waals surface area contributed by atoms with Crippen LogP contribution >= 0.6 is 0 Å². The van der Waals surface area contributed by atoms with Gasteiger partial charge in [-0.25, -0.2) is 0 Å². The van der Waals surface area contributed by atoms with Crippen LogP contribution in [0.2, 0.25) is 0 Å². The lowest BCUT2D eigenvalue weighted by Crippen LogP contribution is -2.19. The third-order valence-electron chi connectivity index (χ3n) is 3.32. The smallest absolute Gasteiger partial charge is 0.422 e. The van der Waals surface area contributed by atoms with Crippen LogP contribution in [-0.2, 0) is 0 Å². The molecule has 28 heavy (non-hydrogen) atoms. The Morgan fingerprint density at radius 1 is 1.11 bits per heavy atom. The molecule has 8 nitrogen and oxygen atoms in total. The Hall–Kier alpha value is -4.12. The Bertz CT molecular complexity index is 1070. The van der Waals surface area contributed by atoms with Crippen molar-refractivity contribution in [3.05, 3.63) is 42.5 Å². The average Bonchev–Trinajstić information content (AvgIpc) is 3.11. The third kappa shape index (κ3) is 4.53. The van der Waals surface area contributed by atoms with E-state index in [4.69, 9.17) is 15.3 Å². The summed E-state index contributed by atoms with van der Waals surface area (Å²) in [5.74, 6) is -0.121. The Morgan fingerprint density at radius 2 is 1.75 bits per heavy atom. The van der Waals surface area contributed by atoms with E-state index >= 15 is 0 Å². The maximum Gasteiger partial charge on any atom is 0.422 e. The molecule has 0 aliphatic heterocycles. The van der Waals surface area contributed by atoms with Crippen LogP contribution in [0.4, 0.5) is 18.9 Å². The van der Waals surface area contributed by atoms with Crippen LogP contribution in [0.25, 0.3) is 16.7 Å². The molecule has 0 saturated carbocycles. The van der Waals surface area contributed by atoms with Gasteiger partial charge in [0, 0.05) is 12.1 Å². The summed E-state index contributed by atoms with van der Waals surface area (Å²) in [6.07, 6.45) is -4.52. The highest BCUT2D eigenvalue weighted by molar-refractivity contribution is 6.10. The number of ether oxygens (including phenoxy) is 1. The summed E-state index contributed by atoms with van der Waals surface area (Å²) in [5, 5.41) is 29.6. The van der Waals surface area contributed by atoms with Gasteiger partial charge in [-0.1, -0.05) is 12.1 Å². The molecule has 140 valence electrons. The van der Waals surface area contributed by atoms with Crippen LogP contribution in [-0.4, -0.2) is 33.5 Å². The standard InChI is InChI=1S/C17H10F3N7O/c18-17(19,20)10-28-14-6-11(23-24-12(8-21)9-22)5-13(7-14)27-25-15-3-1-2-4-16(15)26-27/h1-7,23H,10H2. The summed E-state index contributed by atoms with van der Waals surface area (Å²) < 4.78 is 42.3. The predicted octanol–water partition coefficient (Wildman–Crippen LogP) is 3.18. The number of halogens is 3. The van der Waals surface area contributed by atoms with Crippen molar-refractivity contribution in [3.63, 3.8) is 0 Å². The minimum atomic E-state index is -4.52. The van der Waals surface area contributed by atoms with Gasteiger partial charge in [0.25, 0.3) is 0 Å². The molecule has 2 aromatic carbocycles. The van der Waals surface area contributed by atoms with Crippen LogP contribution in [0, 0.1) is 22.7 Å². The van der Waals surface area contributed by atoms with Gasteiger partial charge in [0.2, 0.25) is 5.71 Å². The molecular formula is C17H10F3N7O. The zero-order chi connectivity index (χ0) is 20.1. The molecule has 0 aliphatic carbocycles. The van der Waals surface area contributed by atoms with E-state index in [0.29, 0.717) is 16.7 Å². The molecule has 1 aromatic heterocycles. The number of fused-ring (bicyclic) bond motifs is 1. The molecule has 0 aliphatic rings. The number of benzene rings is 2. The number of hydrogen-bond acceptors (Lipinski definition) is 7. The molecule has 0 amide bonds. The van der Waals surface area contributed by atoms with E-state index in [1.54, 1.807) is 36.4 Å². The quantitative estimate of drug-likeness (QED) is 0.533. The summed E-state index contributed by atoms with van der Waals surface area (Å²) in [6.45, 7) is -1.49. The molecule has 3 aromatic rings. The molecular weight excluding hydrogens is 375 g/mol. The lowest BCUT2D eigenvalue weighted by molar-refractivity contribution is -0.153. The number of aromatic nitrogens is 3. The molecule has 0 saturated heterocycles. The maximum absolute atomic E-state index is 12.5. The van der Waals surface area contributed by atoms with Gasteiger partial charge in [-0.3, -0.25) is 5.43 Å². The van der Waals surface area contributed by atoms with Crippen LogP contribution in [0.5, 0.6) is 5.75 Å². The largest absolute Gasteiger partial charge is 0.484 e. The second-order valence-electron chi connectivity index (χ2n) is 5.39. The second-order valence-corrected chi connectivity index (χ2v) is 5.39. The minimum Gasteiger partial charge on any atom is -0.484 e. The zero-order valence-corrected chi connectivity index (χ0v) is 14.0. The number of anilines is 1. The van der Waals surface area contributed by atoms with E-state index in [-0.39, 0.29) is 11.4 Å². The highest BCUT2D eigenvalue weighted by Crippen LogP contribution is 2.26. The van der Waals surface area contributed by atoms with Crippen molar-refractivity contribution in [1.29, 1.82) is 10.5 Å². The van der Waals surface area contributed by atoms with E-state index in [1.807, 2.05) is 0 Å². The van der Waals surface area contributed by atoms with Gasteiger partial charge in [-0.15, -0.1) is 10.2 Å². The SMILES string of the molecule is N#CC(C#N)=NNc1cc(OCC(F)(F)F)cc(-n2nc3ccccc3n2)c1. The lowest BCUT2D eigenvalue weighted by atomic mass is 10.2. The van der Waals surface area contributed by atoms with E-state index in [1.165, 1.54) is 23.0 Å². The minimum absolute atomic E-state index is 0.121. The Labute approximate surface area is 156 Å². The van der Waals surface area contributed by atoms with Crippen LogP contribution < -0.4 is 10.2 Å². The molecule has 1 heterocycles. The Kier molecular flexibility index (Phi) is 5.09. The number of alkyl halides is 3. The molecule has 0 radical (unpaired) electrons. The fraction of sp³-hybridized carbons (Fsp3) is 0.118. The molecule has 0 bridgehead atoms. The van der Waals surface area contributed by atoms with E-state index < -0.39 is 18.5 Å². The van der Waals surface area contributed by atoms with E-state index in [9.17, 15) is 13.2 Å². The molecule has 3 rings (SSSR count). The second kappa shape index (κ2) is 7.63. The maximum atomic E-state index is 12.5. The van der Waals surface area contributed by atoms with Gasteiger partial charge in [0.1, 0.15) is 28.9 Å². The number of nitrogens with zero attached hydrogens (tertiary/aromatic N) is 6. The van der Waals surface area contributed by atoms with Gasteiger partial charge in [-0.05, 0) is 18.2 Å². The van der Waals surface area contributed by atoms with Crippen LogP contribution in [0.15, 0.2) is 47.6 Å². The van der Waals surface area contributed by atoms with E-state index in [2.05, 4.69) is 20.7 Å². The molecule has 0 atom stereocenters. The number of hydrogen-bond donors (Lipinski definition) is 1. The zero-order valence-electron chi connectivity index (χ0n) is 14.0. The molecule has 1 N–H and O–H groups in total. The normalized spacial score (nSPS) is 10.8. The summed E-state index contributed by atoms with van der Waals surface area (Å²) in [5.41, 5.74) is 3.64. The number of hydrazone groups is 1. The summed E-state index contributed by atoms with van der Waals surface area (Å²) in [7, 11) is 0. The predicted molar refractivity (Wildman–Crippen MR) is 92.7 cm³/mol. The van der Waals surface area contributed by atoms with Crippen molar-refractivity contribution in [3.8, 4) is 23.6 Å². The highest BCUT2D eigenvalue weighted by atomic mass is 19.4. The summed E-state index contributed by atoms with van der Waals surface area (Å²) in [4.78, 5) is 1.23. The van der Waals surface area contributed by atoms with Crippen molar-refractivity contribution in [2.45, 2.75) is 6.18 Å². The van der Waals surface area contributed by atoms with Crippen molar-refractivity contribution in [2.24, 2.45) is 5.10 Å². The molecule has 0 unspecified atom stereocenters. The van der Waals surface area contributed by atoms with Crippen LogP contribution in [0.3, 0.4) is 0 Å². The molecule has 0 spiro atoms. The lowest BCUT2D eigenvalue weighted by Gasteiger charge is -2.12. The van der Waals surface area contributed by atoms with Gasteiger partial charge < -0.3 is 4.74 Å². The first-order valence-electron chi connectivity index (χ1n) is 7.69. The van der Waals surface area contributed by atoms with Crippen molar-refractivity contribution < 1.29 is 17.9 Å². The van der Waals surface area contributed by atoms with Crippen molar-refractivity contribution in [1.82, 2.24) is 15.0 Å². The number of rotatable bonds is 5. The first-order chi connectivity index (χ1) is 13.4. The third-order valence-corrected chi connectivity index (χ3v) is 3.32. The van der Waals surface area contributed by atoms with Crippen molar-refractivity contribution >= 4 is 22.4 Å². The molecule has 0 fully saturated rings. The van der Waals surface area contributed by atoms with Gasteiger partial charge in [-0.2, -0.15) is 33.6 Å². The average molecular weight is 385 g/mol. The monoisotopic (exact) mass is 385 g/mol. The van der Waals surface area contributed by atoms with Gasteiger partial charge >= 0.3 is 6.18 Å². The fourth-order valence-corrected chi connectivity index (χ4v) is 2.18. The van der Waals surface area contributed by atoms with Gasteiger partial charge in [0.15, 0.2) is 6.61 Å².